The van der Waals surface area contributed by atoms with E-state index in [1.54, 1.807) is 19.9 Å². The molecule has 0 aliphatic carbocycles. The van der Waals surface area contributed by atoms with Crippen molar-refractivity contribution in [1.29, 1.82) is 0 Å². The Hall–Kier alpha value is -2.50. The van der Waals surface area contributed by atoms with Gasteiger partial charge in [0.15, 0.2) is 0 Å². The van der Waals surface area contributed by atoms with E-state index >= 15 is 0 Å². The fourth-order valence-corrected chi connectivity index (χ4v) is 4.76. The number of rotatable bonds is 8. The van der Waals surface area contributed by atoms with Crippen molar-refractivity contribution in [1.82, 2.24) is 8.87 Å². The summed E-state index contributed by atoms with van der Waals surface area (Å²) in [6.45, 7) is 3.65. The molecule has 0 unspecified atom stereocenters. The average Bonchev–Trinajstić information content (AvgIpc) is 3.11. The van der Waals surface area contributed by atoms with E-state index in [2.05, 4.69) is 10.1 Å². The van der Waals surface area contributed by atoms with Crippen molar-refractivity contribution in [2.45, 2.75) is 25.3 Å². The quantitative estimate of drug-likeness (QED) is 0.636. The van der Waals surface area contributed by atoms with Crippen LogP contribution in [0.1, 0.15) is 23.5 Å². The Morgan fingerprint density at radius 2 is 1.86 bits per heavy atom. The van der Waals surface area contributed by atoms with Crippen LogP contribution in [0.4, 0.5) is 5.00 Å². The van der Waals surface area contributed by atoms with E-state index in [0.717, 1.165) is 28.2 Å². The minimum atomic E-state index is -3.75. The highest BCUT2D eigenvalue weighted by Crippen LogP contribution is 2.22. The maximum Gasteiger partial charge on any atom is 0.348 e. The minimum absolute atomic E-state index is 0.0623. The first-order valence-electron chi connectivity index (χ1n) is 8.41. The van der Waals surface area contributed by atoms with E-state index in [-0.39, 0.29) is 11.4 Å². The van der Waals surface area contributed by atoms with Gasteiger partial charge in [-0.25, -0.2) is 13.2 Å². The van der Waals surface area contributed by atoms with E-state index in [1.807, 2.05) is 0 Å². The maximum absolute atomic E-state index is 12.6. The van der Waals surface area contributed by atoms with E-state index in [0.29, 0.717) is 23.0 Å². The van der Waals surface area contributed by atoms with Crippen LogP contribution in [0.25, 0.3) is 0 Å². The molecular weight excluding hydrogens is 406 g/mol. The monoisotopic (exact) mass is 427 g/mol. The molecule has 2 aromatic heterocycles. The number of pyridine rings is 1. The molecule has 28 heavy (non-hydrogen) atoms. The van der Waals surface area contributed by atoms with Crippen LogP contribution in [0.15, 0.2) is 40.2 Å². The smallest absolute Gasteiger partial charge is 0.348 e. The minimum Gasteiger partial charge on any atom is -0.465 e. The normalized spacial score (nSPS) is 11.4. The van der Waals surface area contributed by atoms with Crippen molar-refractivity contribution in [3.63, 3.8) is 0 Å². The highest BCUT2D eigenvalue weighted by Gasteiger charge is 2.22. The number of esters is 1. The molecule has 9 nitrogen and oxygen atoms in total. The van der Waals surface area contributed by atoms with Gasteiger partial charge in [-0.05, 0) is 18.2 Å². The van der Waals surface area contributed by atoms with Gasteiger partial charge in [-0.3, -0.25) is 9.59 Å². The second-order valence-electron chi connectivity index (χ2n) is 5.62. The van der Waals surface area contributed by atoms with E-state index in [4.69, 9.17) is 0 Å². The molecule has 0 bridgehead atoms. The highest BCUT2D eigenvalue weighted by molar-refractivity contribution is 7.89. The van der Waals surface area contributed by atoms with Crippen LogP contribution in [-0.4, -0.2) is 49.4 Å². The van der Waals surface area contributed by atoms with Crippen LogP contribution >= 0.6 is 11.3 Å². The number of aromatic nitrogens is 1. The van der Waals surface area contributed by atoms with Gasteiger partial charge in [0.25, 0.3) is 5.56 Å². The Labute approximate surface area is 166 Å². The van der Waals surface area contributed by atoms with Gasteiger partial charge in [-0.1, -0.05) is 13.8 Å². The molecule has 0 radical (unpaired) electrons. The van der Waals surface area contributed by atoms with E-state index < -0.39 is 27.5 Å². The third kappa shape index (κ3) is 4.86. The number of sulfonamides is 1. The fourth-order valence-electron chi connectivity index (χ4n) is 2.45. The number of hydrogen-bond donors (Lipinski definition) is 1. The van der Waals surface area contributed by atoms with Gasteiger partial charge in [0.05, 0.1) is 17.0 Å². The number of methoxy groups -OCH3 is 1. The molecule has 152 valence electrons. The standard InChI is InChI=1S/C17H21N3O6S2/c1-4-20(5-2)28(24,25)12-6-9-16(22)19(10-12)11-14(21)18-15-8-7-13(27-15)17(23)26-3/h6-10H,4-5,11H2,1-3H3,(H,18,21). The molecule has 0 aliphatic rings. The second-order valence-corrected chi connectivity index (χ2v) is 8.65. The summed E-state index contributed by atoms with van der Waals surface area (Å²) >= 11 is 1.03. The lowest BCUT2D eigenvalue weighted by Crippen LogP contribution is -2.32. The first-order chi connectivity index (χ1) is 13.2. The van der Waals surface area contributed by atoms with Crippen molar-refractivity contribution in [2.24, 2.45) is 0 Å². The largest absolute Gasteiger partial charge is 0.465 e. The zero-order valence-electron chi connectivity index (χ0n) is 15.7. The van der Waals surface area contributed by atoms with Crippen molar-refractivity contribution < 1.29 is 22.7 Å². The Balaban J connectivity index is 2.20. The zero-order chi connectivity index (χ0) is 20.9. The molecule has 1 amide bonds. The third-order valence-electron chi connectivity index (χ3n) is 3.87. The molecule has 2 heterocycles. The van der Waals surface area contributed by atoms with Crippen molar-refractivity contribution in [2.75, 3.05) is 25.5 Å². The van der Waals surface area contributed by atoms with Crippen LogP contribution in [0.5, 0.6) is 0 Å². The Bertz CT molecular complexity index is 1020. The van der Waals surface area contributed by atoms with Crippen molar-refractivity contribution >= 4 is 38.2 Å². The van der Waals surface area contributed by atoms with Crippen LogP contribution in [0, 0.1) is 0 Å². The number of amides is 1. The Morgan fingerprint density at radius 3 is 2.46 bits per heavy atom. The molecule has 0 aliphatic heterocycles. The SMILES string of the molecule is CCN(CC)S(=O)(=O)c1ccc(=O)n(CC(=O)Nc2ccc(C(=O)OC)s2)c1. The fraction of sp³-hybridized carbons (Fsp3) is 0.353. The van der Waals surface area contributed by atoms with Crippen LogP contribution in [0.2, 0.25) is 0 Å². The lowest BCUT2D eigenvalue weighted by molar-refractivity contribution is -0.116. The molecule has 0 saturated heterocycles. The number of ether oxygens (including phenoxy) is 1. The number of carbonyl (C=O) groups excluding carboxylic acids is 2. The number of carbonyl (C=O) groups is 2. The van der Waals surface area contributed by atoms with Crippen LogP contribution in [-0.2, 0) is 26.1 Å². The summed E-state index contributed by atoms with van der Waals surface area (Å²) in [5.41, 5.74) is -0.505. The highest BCUT2D eigenvalue weighted by atomic mass is 32.2. The van der Waals surface area contributed by atoms with Gasteiger partial charge in [0.2, 0.25) is 15.9 Å². The number of thiophene rings is 1. The first-order valence-corrected chi connectivity index (χ1v) is 10.7. The molecule has 11 heteroatoms. The Morgan fingerprint density at radius 1 is 1.18 bits per heavy atom. The summed E-state index contributed by atoms with van der Waals surface area (Å²) in [5.74, 6) is -1.05. The number of anilines is 1. The van der Waals surface area contributed by atoms with Crippen molar-refractivity contribution in [3.05, 3.63) is 45.7 Å². The second kappa shape index (κ2) is 9.13. The van der Waals surface area contributed by atoms with Crippen molar-refractivity contribution in [3.8, 4) is 0 Å². The molecule has 0 aromatic carbocycles. The maximum atomic E-state index is 12.6. The first kappa shape index (κ1) is 21.8. The van der Waals surface area contributed by atoms with Crippen LogP contribution < -0.4 is 10.9 Å². The van der Waals surface area contributed by atoms with Gasteiger partial charge >= 0.3 is 5.97 Å². The van der Waals surface area contributed by atoms with Gasteiger partial charge < -0.3 is 14.6 Å². The predicted octanol–water partition coefficient (Wildman–Crippen LogP) is 1.37. The molecule has 0 saturated carbocycles. The zero-order valence-corrected chi connectivity index (χ0v) is 17.3. The number of hydrogen-bond acceptors (Lipinski definition) is 7. The molecule has 1 N–H and O–H groups in total. The summed E-state index contributed by atoms with van der Waals surface area (Å²) in [7, 11) is -2.50. The summed E-state index contributed by atoms with van der Waals surface area (Å²) in [5, 5.41) is 2.98. The Kier molecular flexibility index (Phi) is 7.11. The van der Waals surface area contributed by atoms with Gasteiger partial charge in [-0.15, -0.1) is 11.3 Å². The summed E-state index contributed by atoms with van der Waals surface area (Å²) in [6, 6.07) is 5.39. The predicted molar refractivity (Wildman–Crippen MR) is 105 cm³/mol. The lowest BCUT2D eigenvalue weighted by Gasteiger charge is -2.19. The summed E-state index contributed by atoms with van der Waals surface area (Å²) < 4.78 is 32.1. The molecule has 2 rings (SSSR count). The molecule has 0 fully saturated rings. The number of nitrogens with one attached hydrogen (secondary N) is 1. The number of nitrogens with zero attached hydrogens (tertiary/aromatic N) is 2. The van der Waals surface area contributed by atoms with Gasteiger partial charge in [0, 0.05) is 25.4 Å². The van der Waals surface area contributed by atoms with E-state index in [9.17, 15) is 22.8 Å². The third-order valence-corrected chi connectivity index (χ3v) is 6.88. The summed E-state index contributed by atoms with van der Waals surface area (Å²) in [4.78, 5) is 36.0. The summed E-state index contributed by atoms with van der Waals surface area (Å²) in [6.07, 6.45) is 1.16. The molecular formula is C17H21N3O6S2. The van der Waals surface area contributed by atoms with Gasteiger partial charge in [0.1, 0.15) is 11.4 Å². The molecule has 2 aromatic rings. The van der Waals surface area contributed by atoms with Crippen LogP contribution in [0.3, 0.4) is 0 Å². The topological polar surface area (TPSA) is 115 Å². The average molecular weight is 428 g/mol. The van der Waals surface area contributed by atoms with Gasteiger partial charge in [-0.2, -0.15) is 4.31 Å². The van der Waals surface area contributed by atoms with E-state index in [1.165, 1.54) is 23.5 Å². The molecule has 0 atom stereocenters. The lowest BCUT2D eigenvalue weighted by atomic mass is 10.4. The molecule has 0 spiro atoms.